The molecule has 0 spiro atoms. The van der Waals surface area contributed by atoms with E-state index in [1.165, 1.54) is 6.07 Å². The molecule has 1 heterocycles. The first-order valence-electron chi connectivity index (χ1n) is 7.97. The summed E-state index contributed by atoms with van der Waals surface area (Å²) < 4.78 is 21.2. The molecule has 0 unspecified atom stereocenters. The first-order valence-corrected chi connectivity index (χ1v) is 8.35. The molecule has 4 nitrogen and oxygen atoms in total. The summed E-state index contributed by atoms with van der Waals surface area (Å²) in [6.45, 7) is 1.43. The number of imidazole rings is 1. The number of hydrogen-bond acceptors (Lipinski definition) is 3. The average molecular weight is 360 g/mol. The first-order chi connectivity index (χ1) is 12.2. The van der Waals surface area contributed by atoms with Crippen LogP contribution in [0.2, 0.25) is 5.02 Å². The second-order valence-corrected chi connectivity index (χ2v) is 5.94. The molecule has 3 rings (SSSR count). The van der Waals surface area contributed by atoms with E-state index in [4.69, 9.17) is 16.3 Å². The lowest BCUT2D eigenvalue weighted by atomic mass is 10.2. The number of aromatic nitrogens is 2. The number of nitrogens with zero attached hydrogens (tertiary/aromatic N) is 2. The van der Waals surface area contributed by atoms with Crippen LogP contribution in [0.3, 0.4) is 0 Å². The van der Waals surface area contributed by atoms with Crippen LogP contribution in [0.15, 0.2) is 54.7 Å². The van der Waals surface area contributed by atoms with E-state index in [1.807, 2.05) is 34.9 Å². The molecule has 0 aliphatic rings. The Labute approximate surface area is 151 Å². The molecule has 25 heavy (non-hydrogen) atoms. The molecule has 0 saturated carbocycles. The van der Waals surface area contributed by atoms with Crippen LogP contribution in [-0.4, -0.2) is 23.3 Å². The number of rotatable bonds is 7. The zero-order chi connectivity index (χ0) is 17.6. The molecule has 1 N–H and O–H groups in total. The van der Waals surface area contributed by atoms with E-state index >= 15 is 0 Å². The van der Waals surface area contributed by atoms with Gasteiger partial charge in [-0.3, -0.25) is 0 Å². The second kappa shape index (κ2) is 8.14. The van der Waals surface area contributed by atoms with Gasteiger partial charge in [0.05, 0.1) is 18.5 Å². The number of ether oxygens (including phenoxy) is 1. The van der Waals surface area contributed by atoms with Gasteiger partial charge in [-0.2, -0.15) is 0 Å². The maximum atomic E-state index is 14.0. The summed E-state index contributed by atoms with van der Waals surface area (Å²) >= 11 is 6.09. The molecule has 3 aromatic rings. The van der Waals surface area contributed by atoms with Crippen LogP contribution in [0.1, 0.15) is 5.56 Å². The number of anilines is 1. The number of nitrogens with one attached hydrogen (secondary N) is 1. The van der Waals surface area contributed by atoms with Crippen molar-refractivity contribution in [1.82, 2.24) is 9.55 Å². The van der Waals surface area contributed by atoms with Gasteiger partial charge in [0.1, 0.15) is 5.82 Å². The van der Waals surface area contributed by atoms with Crippen molar-refractivity contribution in [3.05, 3.63) is 71.1 Å². The van der Waals surface area contributed by atoms with E-state index in [2.05, 4.69) is 10.3 Å². The van der Waals surface area contributed by atoms with Crippen molar-refractivity contribution in [3.63, 3.8) is 0 Å². The number of methoxy groups -OCH3 is 1. The number of hydrogen-bond donors (Lipinski definition) is 1. The number of benzene rings is 2. The highest BCUT2D eigenvalue weighted by atomic mass is 35.5. The van der Waals surface area contributed by atoms with Crippen molar-refractivity contribution >= 4 is 17.5 Å². The second-order valence-electron chi connectivity index (χ2n) is 5.53. The monoisotopic (exact) mass is 359 g/mol. The van der Waals surface area contributed by atoms with Crippen molar-refractivity contribution in [3.8, 4) is 11.3 Å². The Morgan fingerprint density at radius 3 is 2.68 bits per heavy atom. The van der Waals surface area contributed by atoms with Gasteiger partial charge in [0.25, 0.3) is 0 Å². The fourth-order valence-corrected chi connectivity index (χ4v) is 2.86. The molecule has 0 aliphatic heterocycles. The molecule has 0 saturated heterocycles. The predicted octanol–water partition coefficient (Wildman–Crippen LogP) is 4.60. The smallest absolute Gasteiger partial charge is 0.203 e. The van der Waals surface area contributed by atoms with Gasteiger partial charge in [-0.15, -0.1) is 0 Å². The van der Waals surface area contributed by atoms with Gasteiger partial charge in [0.2, 0.25) is 5.95 Å². The quantitative estimate of drug-likeness (QED) is 0.670. The van der Waals surface area contributed by atoms with Crippen molar-refractivity contribution < 1.29 is 9.13 Å². The zero-order valence-corrected chi connectivity index (χ0v) is 14.6. The molecule has 2 aromatic carbocycles. The number of halogens is 2. The van der Waals surface area contributed by atoms with Gasteiger partial charge < -0.3 is 14.6 Å². The lowest BCUT2D eigenvalue weighted by Crippen LogP contribution is -2.12. The Morgan fingerprint density at radius 1 is 1.16 bits per heavy atom. The van der Waals surface area contributed by atoms with Gasteiger partial charge in [-0.05, 0) is 17.7 Å². The lowest BCUT2D eigenvalue weighted by Gasteiger charge is -2.14. The van der Waals surface area contributed by atoms with Crippen LogP contribution in [0, 0.1) is 5.82 Å². The predicted molar refractivity (Wildman–Crippen MR) is 98.3 cm³/mol. The molecule has 1 aromatic heterocycles. The highest BCUT2D eigenvalue weighted by Crippen LogP contribution is 2.25. The van der Waals surface area contributed by atoms with Crippen molar-refractivity contribution in [2.75, 3.05) is 19.0 Å². The highest BCUT2D eigenvalue weighted by Gasteiger charge is 2.13. The molecule has 0 radical (unpaired) electrons. The Bertz CT molecular complexity index is 816. The van der Waals surface area contributed by atoms with Crippen LogP contribution in [-0.2, 0) is 17.8 Å². The molecular formula is C19H19ClFN3O. The van der Waals surface area contributed by atoms with Gasteiger partial charge in [0, 0.05) is 30.8 Å². The van der Waals surface area contributed by atoms with Gasteiger partial charge in [-0.1, -0.05) is 48.0 Å². The molecule has 0 fully saturated rings. The zero-order valence-electron chi connectivity index (χ0n) is 13.9. The molecule has 130 valence electrons. The Balaban J connectivity index is 1.87. The summed E-state index contributed by atoms with van der Waals surface area (Å²) in [7, 11) is 1.66. The fourth-order valence-electron chi connectivity index (χ4n) is 2.63. The molecule has 0 atom stereocenters. The van der Waals surface area contributed by atoms with E-state index in [1.54, 1.807) is 25.4 Å². The largest absolute Gasteiger partial charge is 0.383 e. The van der Waals surface area contributed by atoms with Crippen LogP contribution in [0.4, 0.5) is 10.3 Å². The summed E-state index contributed by atoms with van der Waals surface area (Å²) in [5.41, 5.74) is 2.45. The summed E-state index contributed by atoms with van der Waals surface area (Å²) in [5.74, 6) is 0.313. The normalized spacial score (nSPS) is 10.8. The molecule has 6 heteroatoms. The fraction of sp³-hybridized carbons (Fsp3) is 0.211. The van der Waals surface area contributed by atoms with E-state index < -0.39 is 0 Å². The minimum absolute atomic E-state index is 0.254. The maximum absolute atomic E-state index is 14.0. The maximum Gasteiger partial charge on any atom is 0.203 e. The minimum Gasteiger partial charge on any atom is -0.383 e. The SMILES string of the molecule is COCCn1c(-c2ccccc2)cnc1NCc1c(F)cccc1Cl. The summed E-state index contributed by atoms with van der Waals surface area (Å²) in [5, 5.41) is 3.58. The Hall–Kier alpha value is -2.37. The lowest BCUT2D eigenvalue weighted by molar-refractivity contribution is 0.188. The average Bonchev–Trinajstić information content (AvgIpc) is 3.03. The summed E-state index contributed by atoms with van der Waals surface area (Å²) in [6, 6.07) is 14.6. The summed E-state index contributed by atoms with van der Waals surface area (Å²) in [6.07, 6.45) is 1.80. The third-order valence-electron chi connectivity index (χ3n) is 3.93. The summed E-state index contributed by atoms with van der Waals surface area (Å²) in [4.78, 5) is 4.45. The molecule has 0 aliphatic carbocycles. The first kappa shape index (κ1) is 17.5. The van der Waals surface area contributed by atoms with E-state index in [0.29, 0.717) is 29.7 Å². The van der Waals surface area contributed by atoms with E-state index in [-0.39, 0.29) is 12.4 Å². The Kier molecular flexibility index (Phi) is 5.68. The molecule has 0 amide bonds. The topological polar surface area (TPSA) is 39.1 Å². The van der Waals surface area contributed by atoms with Crippen molar-refractivity contribution in [2.24, 2.45) is 0 Å². The van der Waals surface area contributed by atoms with E-state index in [9.17, 15) is 4.39 Å². The van der Waals surface area contributed by atoms with Crippen LogP contribution < -0.4 is 5.32 Å². The van der Waals surface area contributed by atoms with Gasteiger partial charge in [0.15, 0.2) is 0 Å². The highest BCUT2D eigenvalue weighted by molar-refractivity contribution is 6.31. The van der Waals surface area contributed by atoms with E-state index in [0.717, 1.165) is 11.3 Å². The van der Waals surface area contributed by atoms with Crippen molar-refractivity contribution in [1.29, 1.82) is 0 Å². The Morgan fingerprint density at radius 2 is 1.96 bits per heavy atom. The molecular weight excluding hydrogens is 341 g/mol. The molecule has 0 bridgehead atoms. The van der Waals surface area contributed by atoms with Gasteiger partial charge >= 0.3 is 0 Å². The minimum atomic E-state index is -0.335. The van der Waals surface area contributed by atoms with Crippen LogP contribution in [0.5, 0.6) is 0 Å². The third kappa shape index (κ3) is 4.00. The van der Waals surface area contributed by atoms with Gasteiger partial charge in [-0.25, -0.2) is 9.37 Å². The van der Waals surface area contributed by atoms with Crippen LogP contribution in [0.25, 0.3) is 11.3 Å². The van der Waals surface area contributed by atoms with Crippen molar-refractivity contribution in [2.45, 2.75) is 13.1 Å². The third-order valence-corrected chi connectivity index (χ3v) is 4.28. The standard InChI is InChI=1S/C19H19ClFN3O/c1-25-11-10-24-18(14-6-3-2-4-7-14)13-23-19(24)22-12-15-16(20)8-5-9-17(15)21/h2-9,13H,10-12H2,1H3,(H,22,23). The van der Waals surface area contributed by atoms with Crippen LogP contribution >= 0.6 is 11.6 Å².